The summed E-state index contributed by atoms with van der Waals surface area (Å²) in [5, 5.41) is 0. The van der Waals surface area contributed by atoms with E-state index >= 15 is 0 Å². The van der Waals surface area contributed by atoms with Crippen molar-refractivity contribution in [1.29, 1.82) is 0 Å². The molecule has 0 amide bonds. The van der Waals surface area contributed by atoms with Gasteiger partial charge in [0.1, 0.15) is 0 Å². The van der Waals surface area contributed by atoms with Gasteiger partial charge in [-0.05, 0) is 25.7 Å². The zero-order valence-corrected chi connectivity index (χ0v) is 12.0. The van der Waals surface area contributed by atoms with Crippen LogP contribution in [-0.4, -0.2) is 43.2 Å². The highest BCUT2D eigenvalue weighted by Crippen LogP contribution is 2.20. The number of likely N-dealkylation sites (N-methyl/N-ethyl adjacent to an activating group) is 1. The van der Waals surface area contributed by atoms with Gasteiger partial charge in [-0.25, -0.2) is 0 Å². The fourth-order valence-corrected chi connectivity index (χ4v) is 3.75. The molecular formula is C12H24N2O2S. The molecule has 0 radical (unpaired) electrons. The summed E-state index contributed by atoms with van der Waals surface area (Å²) in [6.07, 6.45) is 1.92. The van der Waals surface area contributed by atoms with Crippen LogP contribution in [0.15, 0.2) is 12.2 Å². The van der Waals surface area contributed by atoms with E-state index in [1.807, 2.05) is 13.8 Å². The molecule has 0 unspecified atom stereocenters. The molecule has 0 aromatic heterocycles. The first-order valence-corrected chi connectivity index (χ1v) is 7.67. The fraction of sp³-hybridized carbons (Fsp3) is 0.833. The average molecular weight is 260 g/mol. The Kier molecular flexibility index (Phi) is 5.16. The second-order valence-electron chi connectivity index (χ2n) is 4.97. The first-order valence-electron chi connectivity index (χ1n) is 6.27. The second-order valence-corrected chi connectivity index (χ2v) is 6.90. The molecule has 0 saturated carbocycles. The lowest BCUT2D eigenvalue weighted by Crippen LogP contribution is -2.47. The Morgan fingerprint density at radius 3 is 2.35 bits per heavy atom. The Morgan fingerprint density at radius 1 is 1.41 bits per heavy atom. The maximum absolute atomic E-state index is 12.4. The molecule has 1 fully saturated rings. The molecule has 0 spiro atoms. The number of hydrogen-bond donors (Lipinski definition) is 0. The van der Waals surface area contributed by atoms with Crippen molar-refractivity contribution >= 4 is 10.2 Å². The lowest BCUT2D eigenvalue weighted by molar-refractivity contribution is 0.268. The molecule has 1 aliphatic heterocycles. The van der Waals surface area contributed by atoms with Crippen LogP contribution in [-0.2, 0) is 10.2 Å². The smallest absolute Gasteiger partial charge is 0.195 e. The minimum Gasteiger partial charge on any atom is -0.195 e. The summed E-state index contributed by atoms with van der Waals surface area (Å²) in [7, 11) is -3.29. The van der Waals surface area contributed by atoms with E-state index in [1.54, 1.807) is 4.31 Å². The summed E-state index contributed by atoms with van der Waals surface area (Å²) >= 11 is 0. The van der Waals surface area contributed by atoms with E-state index in [0.717, 1.165) is 18.4 Å². The molecule has 0 aliphatic carbocycles. The van der Waals surface area contributed by atoms with Gasteiger partial charge in [-0.2, -0.15) is 17.0 Å². The molecule has 1 saturated heterocycles. The molecule has 0 aromatic carbocycles. The van der Waals surface area contributed by atoms with E-state index in [1.165, 1.54) is 4.31 Å². The number of nitrogens with zero attached hydrogens (tertiary/aromatic N) is 2. The van der Waals surface area contributed by atoms with E-state index in [0.29, 0.717) is 32.1 Å². The minimum absolute atomic E-state index is 0.422. The highest BCUT2D eigenvalue weighted by atomic mass is 32.2. The standard InChI is InChI=1S/C12H24N2O2S/c1-5-13(10-11(2)3)17(15,16)14-8-6-12(4)7-9-14/h12H,2,5-10H2,1,3-4H3. The quantitative estimate of drug-likeness (QED) is 0.708. The van der Waals surface area contributed by atoms with Gasteiger partial charge in [0.25, 0.3) is 10.2 Å². The molecular weight excluding hydrogens is 236 g/mol. The molecule has 1 aliphatic rings. The summed E-state index contributed by atoms with van der Waals surface area (Å²) < 4.78 is 27.9. The average Bonchev–Trinajstić information content (AvgIpc) is 2.26. The molecule has 0 aromatic rings. The van der Waals surface area contributed by atoms with Crippen molar-refractivity contribution in [3.8, 4) is 0 Å². The van der Waals surface area contributed by atoms with Gasteiger partial charge in [0.15, 0.2) is 0 Å². The molecule has 100 valence electrons. The highest BCUT2D eigenvalue weighted by Gasteiger charge is 2.30. The molecule has 17 heavy (non-hydrogen) atoms. The van der Waals surface area contributed by atoms with Crippen LogP contribution in [0.2, 0.25) is 0 Å². The van der Waals surface area contributed by atoms with Crippen LogP contribution in [0.5, 0.6) is 0 Å². The maximum atomic E-state index is 12.4. The van der Waals surface area contributed by atoms with Gasteiger partial charge in [0, 0.05) is 26.2 Å². The molecule has 0 bridgehead atoms. The lowest BCUT2D eigenvalue weighted by Gasteiger charge is -2.33. The van der Waals surface area contributed by atoms with Gasteiger partial charge in [-0.1, -0.05) is 26.0 Å². The summed E-state index contributed by atoms with van der Waals surface area (Å²) in [5.74, 6) is 0.637. The Balaban J connectivity index is 2.74. The van der Waals surface area contributed by atoms with E-state index < -0.39 is 10.2 Å². The Hall–Kier alpha value is -0.390. The maximum Gasteiger partial charge on any atom is 0.282 e. The van der Waals surface area contributed by atoms with Gasteiger partial charge in [-0.3, -0.25) is 0 Å². The van der Waals surface area contributed by atoms with Crippen LogP contribution in [0.3, 0.4) is 0 Å². The second kappa shape index (κ2) is 5.98. The predicted octanol–water partition coefficient (Wildman–Crippen LogP) is 1.86. The normalized spacial score (nSPS) is 19.8. The van der Waals surface area contributed by atoms with Crippen LogP contribution >= 0.6 is 0 Å². The SMILES string of the molecule is C=C(C)CN(CC)S(=O)(=O)N1CCC(C)CC1. The van der Waals surface area contributed by atoms with Crippen molar-refractivity contribution in [2.24, 2.45) is 5.92 Å². The van der Waals surface area contributed by atoms with E-state index in [4.69, 9.17) is 0 Å². The van der Waals surface area contributed by atoms with Gasteiger partial charge in [0.2, 0.25) is 0 Å². The first kappa shape index (κ1) is 14.7. The topological polar surface area (TPSA) is 40.6 Å². The number of piperidine rings is 1. The van der Waals surface area contributed by atoms with Crippen molar-refractivity contribution in [1.82, 2.24) is 8.61 Å². The van der Waals surface area contributed by atoms with E-state index in [-0.39, 0.29) is 0 Å². The molecule has 1 rings (SSSR count). The largest absolute Gasteiger partial charge is 0.282 e. The zero-order chi connectivity index (χ0) is 13.1. The third kappa shape index (κ3) is 3.79. The van der Waals surface area contributed by atoms with Crippen LogP contribution in [0.25, 0.3) is 0 Å². The monoisotopic (exact) mass is 260 g/mol. The van der Waals surface area contributed by atoms with Gasteiger partial charge < -0.3 is 0 Å². The molecule has 1 heterocycles. The minimum atomic E-state index is -3.29. The van der Waals surface area contributed by atoms with Crippen LogP contribution in [0.4, 0.5) is 0 Å². The summed E-state index contributed by atoms with van der Waals surface area (Å²) in [4.78, 5) is 0. The van der Waals surface area contributed by atoms with Crippen LogP contribution in [0, 0.1) is 5.92 Å². The van der Waals surface area contributed by atoms with Crippen molar-refractivity contribution in [2.75, 3.05) is 26.2 Å². The molecule has 4 nitrogen and oxygen atoms in total. The lowest BCUT2D eigenvalue weighted by atomic mass is 10.0. The van der Waals surface area contributed by atoms with Gasteiger partial charge in [-0.15, -0.1) is 0 Å². The summed E-state index contributed by atoms with van der Waals surface area (Å²) in [5.41, 5.74) is 0.876. The van der Waals surface area contributed by atoms with Gasteiger partial charge >= 0.3 is 0 Å². The fourth-order valence-electron chi connectivity index (χ4n) is 2.04. The van der Waals surface area contributed by atoms with Crippen molar-refractivity contribution < 1.29 is 8.42 Å². The number of rotatable bonds is 5. The number of hydrogen-bond acceptors (Lipinski definition) is 2. The third-order valence-corrected chi connectivity index (χ3v) is 5.25. The third-order valence-electron chi connectivity index (χ3n) is 3.19. The van der Waals surface area contributed by atoms with Crippen LogP contribution < -0.4 is 0 Å². The summed E-state index contributed by atoms with van der Waals surface area (Å²) in [6.45, 7) is 11.9. The van der Waals surface area contributed by atoms with Crippen molar-refractivity contribution in [3.05, 3.63) is 12.2 Å². The predicted molar refractivity (Wildman–Crippen MR) is 71.0 cm³/mol. The van der Waals surface area contributed by atoms with E-state index in [2.05, 4.69) is 13.5 Å². The Morgan fingerprint density at radius 2 is 1.94 bits per heavy atom. The summed E-state index contributed by atoms with van der Waals surface area (Å²) in [6, 6.07) is 0. The molecule has 0 N–H and O–H groups in total. The van der Waals surface area contributed by atoms with Crippen LogP contribution in [0.1, 0.15) is 33.6 Å². The molecule has 5 heteroatoms. The van der Waals surface area contributed by atoms with E-state index in [9.17, 15) is 8.42 Å². The molecule has 0 atom stereocenters. The Labute approximate surface area is 105 Å². The van der Waals surface area contributed by atoms with Crippen molar-refractivity contribution in [3.63, 3.8) is 0 Å². The first-order chi connectivity index (χ1) is 7.87. The zero-order valence-electron chi connectivity index (χ0n) is 11.1. The van der Waals surface area contributed by atoms with Crippen molar-refractivity contribution in [2.45, 2.75) is 33.6 Å². The highest BCUT2D eigenvalue weighted by molar-refractivity contribution is 7.86. The van der Waals surface area contributed by atoms with Gasteiger partial charge in [0.05, 0.1) is 0 Å². The Bertz CT molecular complexity index is 357.